The molecule has 0 spiro atoms. The van der Waals surface area contributed by atoms with Crippen LogP contribution in [0.15, 0.2) is 41.3 Å². The molecule has 0 bridgehead atoms. The van der Waals surface area contributed by atoms with Crippen LogP contribution in [0.2, 0.25) is 10.0 Å². The second kappa shape index (κ2) is 19.5. The molecule has 0 radical (unpaired) electrons. The van der Waals surface area contributed by atoms with Crippen LogP contribution in [0.4, 0.5) is 0 Å². The highest BCUT2D eigenvalue weighted by Crippen LogP contribution is 2.41. The van der Waals surface area contributed by atoms with E-state index in [0.717, 1.165) is 36.3 Å². The van der Waals surface area contributed by atoms with Crippen molar-refractivity contribution < 1.29 is 41.6 Å². The molecule has 5 atom stereocenters. The molecule has 2 aromatic rings. The molecule has 5 unspecified atom stereocenters. The lowest BCUT2D eigenvalue weighted by Gasteiger charge is -2.36. The van der Waals surface area contributed by atoms with Crippen LogP contribution in [-0.2, 0) is 40.3 Å². The summed E-state index contributed by atoms with van der Waals surface area (Å²) in [4.78, 5) is 18.0. The molecule has 55 heavy (non-hydrogen) atoms. The summed E-state index contributed by atoms with van der Waals surface area (Å²) in [7, 11) is -4.22. The number of hydrogen-bond donors (Lipinski definition) is 1. The van der Waals surface area contributed by atoms with Crippen molar-refractivity contribution in [3.05, 3.63) is 52.0 Å². The standard InChI is InChI=1S/C40H57Cl2N3O9S/c1-4-5-6-7-8-9-10-11-12-13-20-49-37-36(52-39-38(37)53-40(2,3)54-39)32(43-55(47,48)31-23-29(41)22-30(42)24-31)25-35(46)45-18-16-44(17-19-45)26-28-14-15-33-34(21-28)51-27-50-33/h14-15,21-24,32,36-39,43H,4-13,16-20,25-27H2,1-3H3. The number of rotatable bonds is 20. The van der Waals surface area contributed by atoms with E-state index in [0.29, 0.717) is 39.3 Å². The molecule has 4 heterocycles. The van der Waals surface area contributed by atoms with E-state index in [-0.39, 0.29) is 34.1 Å². The van der Waals surface area contributed by atoms with Crippen molar-refractivity contribution in [3.8, 4) is 11.5 Å². The smallest absolute Gasteiger partial charge is 0.241 e. The zero-order chi connectivity index (χ0) is 39.0. The van der Waals surface area contributed by atoms with E-state index < -0.39 is 46.5 Å². The maximum absolute atomic E-state index is 14.0. The van der Waals surface area contributed by atoms with Gasteiger partial charge in [-0.05, 0) is 56.2 Å². The fourth-order valence-electron chi connectivity index (χ4n) is 7.77. The molecule has 306 valence electrons. The Morgan fingerprint density at radius 1 is 0.891 bits per heavy atom. The van der Waals surface area contributed by atoms with Crippen LogP contribution < -0.4 is 14.2 Å². The number of unbranched alkanes of at least 4 members (excludes halogenated alkanes) is 9. The third-order valence-electron chi connectivity index (χ3n) is 10.6. The first-order valence-electron chi connectivity index (χ1n) is 19.9. The number of ether oxygens (including phenoxy) is 6. The van der Waals surface area contributed by atoms with Crippen LogP contribution in [0.5, 0.6) is 11.5 Å². The molecule has 3 fully saturated rings. The molecule has 3 saturated heterocycles. The molecular weight excluding hydrogens is 769 g/mol. The van der Waals surface area contributed by atoms with Crippen LogP contribution in [0.3, 0.4) is 0 Å². The molecular formula is C40H57Cl2N3O9S. The van der Waals surface area contributed by atoms with Crippen LogP contribution in [0.25, 0.3) is 0 Å². The molecule has 4 aliphatic heterocycles. The largest absolute Gasteiger partial charge is 0.454 e. The van der Waals surface area contributed by atoms with Crippen molar-refractivity contribution in [2.24, 2.45) is 0 Å². The Morgan fingerprint density at radius 2 is 1.55 bits per heavy atom. The quantitative estimate of drug-likeness (QED) is 0.136. The number of nitrogens with one attached hydrogen (secondary N) is 1. The number of carbonyl (C=O) groups is 1. The highest BCUT2D eigenvalue weighted by atomic mass is 35.5. The van der Waals surface area contributed by atoms with Crippen LogP contribution in [0.1, 0.15) is 97.0 Å². The Bertz CT molecular complexity index is 1670. The maximum atomic E-state index is 14.0. The van der Waals surface area contributed by atoms with Crippen LogP contribution in [0, 0.1) is 0 Å². The first kappa shape index (κ1) is 42.4. The van der Waals surface area contributed by atoms with Gasteiger partial charge >= 0.3 is 0 Å². The number of nitrogens with zero attached hydrogens (tertiary/aromatic N) is 2. The normalized spacial score (nSPS) is 24.0. The molecule has 12 nitrogen and oxygen atoms in total. The summed E-state index contributed by atoms with van der Waals surface area (Å²) >= 11 is 12.4. The number of benzene rings is 2. The highest BCUT2D eigenvalue weighted by Gasteiger charge is 2.57. The van der Waals surface area contributed by atoms with Crippen LogP contribution >= 0.6 is 23.2 Å². The van der Waals surface area contributed by atoms with E-state index >= 15 is 0 Å². The monoisotopic (exact) mass is 825 g/mol. The molecule has 2 aromatic carbocycles. The van der Waals surface area contributed by atoms with Gasteiger partial charge in [0.2, 0.25) is 22.7 Å². The van der Waals surface area contributed by atoms with E-state index in [1.165, 1.54) is 63.1 Å². The lowest BCUT2D eigenvalue weighted by Crippen LogP contribution is -2.54. The van der Waals surface area contributed by atoms with Gasteiger partial charge in [-0.1, -0.05) is 94.0 Å². The number of amides is 1. The number of sulfonamides is 1. The number of carbonyl (C=O) groups excluding carboxylic acids is 1. The molecule has 0 saturated carbocycles. The summed E-state index contributed by atoms with van der Waals surface area (Å²) in [5, 5.41) is 0.347. The minimum Gasteiger partial charge on any atom is -0.454 e. The Kier molecular flexibility index (Phi) is 15.0. The number of piperazine rings is 1. The Hall–Kier alpha value is -2.20. The zero-order valence-corrected chi connectivity index (χ0v) is 34.6. The van der Waals surface area contributed by atoms with Gasteiger partial charge < -0.3 is 33.3 Å². The Labute approximate surface area is 336 Å². The summed E-state index contributed by atoms with van der Waals surface area (Å²) in [6.45, 7) is 9.51. The average Bonchev–Trinajstić information content (AvgIpc) is 3.82. The van der Waals surface area contributed by atoms with Crippen molar-refractivity contribution in [3.63, 3.8) is 0 Å². The van der Waals surface area contributed by atoms with E-state index in [4.69, 9.17) is 51.6 Å². The Balaban J connectivity index is 1.11. The summed E-state index contributed by atoms with van der Waals surface area (Å²) in [6.07, 6.45) is 8.77. The second-order valence-electron chi connectivity index (χ2n) is 15.5. The minimum absolute atomic E-state index is 0.116. The average molecular weight is 827 g/mol. The summed E-state index contributed by atoms with van der Waals surface area (Å²) < 4.78 is 66.9. The van der Waals surface area contributed by atoms with Gasteiger partial charge in [-0.3, -0.25) is 9.69 Å². The number of fused-ring (bicyclic) bond motifs is 2. The van der Waals surface area contributed by atoms with Gasteiger partial charge in [0.1, 0.15) is 18.3 Å². The summed E-state index contributed by atoms with van der Waals surface area (Å²) in [5.41, 5.74) is 1.10. The van der Waals surface area contributed by atoms with Crippen molar-refractivity contribution in [1.82, 2.24) is 14.5 Å². The van der Waals surface area contributed by atoms with Crippen LogP contribution in [-0.4, -0.2) is 100 Å². The maximum Gasteiger partial charge on any atom is 0.241 e. The first-order chi connectivity index (χ1) is 26.4. The van der Waals surface area contributed by atoms with Gasteiger partial charge in [-0.15, -0.1) is 0 Å². The predicted octanol–water partition coefficient (Wildman–Crippen LogP) is 7.29. The van der Waals surface area contributed by atoms with Crippen molar-refractivity contribution >= 4 is 39.1 Å². The zero-order valence-electron chi connectivity index (χ0n) is 32.3. The molecule has 0 aliphatic carbocycles. The lowest BCUT2D eigenvalue weighted by molar-refractivity contribution is -0.221. The topological polar surface area (TPSA) is 125 Å². The van der Waals surface area contributed by atoms with E-state index in [2.05, 4.69) is 16.5 Å². The van der Waals surface area contributed by atoms with Crippen molar-refractivity contribution in [2.45, 2.75) is 139 Å². The van der Waals surface area contributed by atoms with Crippen molar-refractivity contribution in [1.29, 1.82) is 0 Å². The fourth-order valence-corrected chi connectivity index (χ4v) is 9.74. The SMILES string of the molecule is CCCCCCCCCCCCOC1C(C(CC(=O)N2CCN(Cc3ccc4c(c3)OCO4)CC2)NS(=O)(=O)c2cc(Cl)cc(Cl)c2)OC2OC(C)(C)OC21. The number of hydrogen-bond acceptors (Lipinski definition) is 10. The van der Waals surface area contributed by atoms with Gasteiger partial charge in [0.05, 0.1) is 10.9 Å². The Morgan fingerprint density at radius 3 is 2.24 bits per heavy atom. The van der Waals surface area contributed by atoms with Gasteiger partial charge in [0.25, 0.3) is 0 Å². The molecule has 1 amide bonds. The van der Waals surface area contributed by atoms with E-state index in [9.17, 15) is 13.2 Å². The fraction of sp³-hybridized carbons (Fsp3) is 0.675. The number of halogens is 2. The first-order valence-corrected chi connectivity index (χ1v) is 22.1. The third-order valence-corrected chi connectivity index (χ3v) is 12.6. The molecule has 4 aliphatic rings. The van der Waals surface area contributed by atoms with E-state index in [1.807, 2.05) is 32.0 Å². The molecule has 1 N–H and O–H groups in total. The highest BCUT2D eigenvalue weighted by molar-refractivity contribution is 7.89. The van der Waals surface area contributed by atoms with E-state index in [1.54, 1.807) is 4.90 Å². The van der Waals surface area contributed by atoms with Gasteiger partial charge in [0.15, 0.2) is 23.6 Å². The molecule has 6 rings (SSSR count). The second-order valence-corrected chi connectivity index (χ2v) is 18.1. The predicted molar refractivity (Wildman–Crippen MR) is 210 cm³/mol. The van der Waals surface area contributed by atoms with Gasteiger partial charge in [-0.2, -0.15) is 0 Å². The summed E-state index contributed by atoms with van der Waals surface area (Å²) in [5.74, 6) is 0.367. The van der Waals surface area contributed by atoms with Gasteiger partial charge in [-0.25, -0.2) is 13.1 Å². The third kappa shape index (κ3) is 11.7. The molecule has 0 aromatic heterocycles. The molecule has 15 heteroatoms. The minimum atomic E-state index is -4.22. The van der Waals surface area contributed by atoms with Crippen molar-refractivity contribution in [2.75, 3.05) is 39.6 Å². The van der Waals surface area contributed by atoms with Gasteiger partial charge in [0, 0.05) is 55.8 Å². The summed E-state index contributed by atoms with van der Waals surface area (Å²) in [6, 6.07) is 9.03. The lowest BCUT2D eigenvalue weighted by atomic mass is 10.0.